The number of rotatable bonds is 3. The van der Waals surface area contributed by atoms with Crippen molar-refractivity contribution in [3.8, 4) is 11.5 Å². The minimum atomic E-state index is -0.203. The van der Waals surface area contributed by atoms with Crippen LogP contribution in [0.2, 0.25) is 0 Å². The van der Waals surface area contributed by atoms with E-state index in [1.54, 1.807) is 31.4 Å². The Morgan fingerprint density at radius 2 is 1.10 bits per heavy atom. The standard InChI is InChI=1S/C10H9N.C8H11NO.C7H7N3O.C7H9NO.C7H9N/c11-10-7-3-5-8-4-1-2-6-9(8)10;1-2-10-8-6-4-3-5-7(8)9;8-4-1-2-5-6(3-4)10-7(11)9-5;1-9-7-5-3-2-4-6(7)8;1-6-4-2-3-5-7(6)8/h1-7H,11H2;3-6H,2,9H2,1H3;1-3H,8H2,(H2,9,10,11);2-5H,8H2,1H3;2-5H,8H2,1H3. The highest BCUT2D eigenvalue weighted by Crippen LogP contribution is 2.20. The molecule has 254 valence electrons. The molecule has 0 aliphatic rings. The van der Waals surface area contributed by atoms with Crippen molar-refractivity contribution in [3.05, 3.63) is 150 Å². The van der Waals surface area contributed by atoms with E-state index >= 15 is 0 Å². The van der Waals surface area contributed by atoms with Gasteiger partial charge in [-0.15, -0.1) is 0 Å². The molecule has 0 aliphatic carbocycles. The van der Waals surface area contributed by atoms with Crippen molar-refractivity contribution in [2.75, 3.05) is 42.4 Å². The first-order chi connectivity index (χ1) is 23.6. The Kier molecular flexibility index (Phi) is 14.5. The van der Waals surface area contributed by atoms with Crippen LogP contribution in [-0.2, 0) is 0 Å². The van der Waals surface area contributed by atoms with E-state index in [4.69, 9.17) is 38.1 Å². The molecule has 0 amide bonds. The van der Waals surface area contributed by atoms with Gasteiger partial charge in [-0.05, 0) is 79.4 Å². The fraction of sp³-hybridized carbons (Fsp3) is 0.103. The van der Waals surface area contributed by atoms with Crippen molar-refractivity contribution in [3.63, 3.8) is 0 Å². The number of imidazole rings is 1. The molecule has 0 radical (unpaired) electrons. The SMILES string of the molecule is CCOc1ccccc1N.COc1ccccc1N.Cc1ccccc1N.Nc1ccc2[nH]c(=O)[nH]c2c1.Nc1cccc2ccccc12. The summed E-state index contributed by atoms with van der Waals surface area (Å²) in [5.41, 5.74) is 34.1. The van der Waals surface area contributed by atoms with Gasteiger partial charge in [-0.2, -0.15) is 0 Å². The molecule has 0 bridgehead atoms. The van der Waals surface area contributed by atoms with Gasteiger partial charge in [0.05, 0.1) is 36.1 Å². The predicted octanol–water partition coefficient (Wildman–Crippen LogP) is 7.38. The minimum Gasteiger partial charge on any atom is -0.495 e. The van der Waals surface area contributed by atoms with Crippen LogP contribution in [0.3, 0.4) is 0 Å². The van der Waals surface area contributed by atoms with Gasteiger partial charge in [-0.25, -0.2) is 4.79 Å². The van der Waals surface area contributed by atoms with Gasteiger partial charge in [0.2, 0.25) is 0 Å². The Labute approximate surface area is 286 Å². The lowest BCUT2D eigenvalue weighted by atomic mass is 10.1. The van der Waals surface area contributed by atoms with E-state index in [9.17, 15) is 4.79 Å². The summed E-state index contributed by atoms with van der Waals surface area (Å²) in [5.74, 6) is 1.50. The number of benzene rings is 6. The van der Waals surface area contributed by atoms with Gasteiger partial charge < -0.3 is 48.1 Å². The second kappa shape index (κ2) is 19.2. The lowest BCUT2D eigenvalue weighted by Crippen LogP contribution is -1.99. The van der Waals surface area contributed by atoms with Crippen LogP contribution < -0.4 is 43.8 Å². The molecule has 10 nitrogen and oxygen atoms in total. The number of nitrogens with one attached hydrogen (secondary N) is 2. The number of para-hydroxylation sites is 5. The Hall–Kier alpha value is -6.55. The van der Waals surface area contributed by atoms with Crippen LogP contribution in [0.1, 0.15) is 12.5 Å². The molecule has 6 aromatic carbocycles. The second-order valence-corrected chi connectivity index (χ2v) is 10.5. The molecule has 10 heteroatoms. The maximum absolute atomic E-state index is 10.7. The lowest BCUT2D eigenvalue weighted by Gasteiger charge is -2.04. The normalized spacial score (nSPS) is 9.69. The molecule has 7 rings (SSSR count). The molecule has 1 aromatic heterocycles. The molecule has 0 fully saturated rings. The number of anilines is 5. The van der Waals surface area contributed by atoms with Gasteiger partial charge in [0.1, 0.15) is 11.5 Å². The Morgan fingerprint density at radius 3 is 1.65 bits per heavy atom. The molecular weight excluding hydrogens is 614 g/mol. The third-order valence-corrected chi connectivity index (χ3v) is 6.91. The van der Waals surface area contributed by atoms with Crippen LogP contribution in [0, 0.1) is 6.92 Å². The highest BCUT2D eigenvalue weighted by molar-refractivity contribution is 5.92. The maximum Gasteiger partial charge on any atom is 0.323 e. The number of methoxy groups -OCH3 is 1. The summed E-state index contributed by atoms with van der Waals surface area (Å²) in [5, 5.41) is 2.34. The Morgan fingerprint density at radius 1 is 0.571 bits per heavy atom. The first-order valence-electron chi connectivity index (χ1n) is 15.5. The molecule has 0 aliphatic heterocycles. The average Bonchev–Trinajstić information content (AvgIpc) is 3.48. The summed E-state index contributed by atoms with van der Waals surface area (Å²) >= 11 is 0. The van der Waals surface area contributed by atoms with E-state index in [1.165, 1.54) is 5.39 Å². The number of nitrogens with two attached hydrogens (primary N) is 5. The number of H-pyrrole nitrogens is 2. The second-order valence-electron chi connectivity index (χ2n) is 10.5. The van der Waals surface area contributed by atoms with Crippen LogP contribution in [0.15, 0.2) is 138 Å². The quantitative estimate of drug-likeness (QED) is 0.0953. The zero-order chi connectivity index (χ0) is 35.6. The van der Waals surface area contributed by atoms with E-state index in [-0.39, 0.29) is 5.69 Å². The van der Waals surface area contributed by atoms with Crippen LogP contribution in [0.25, 0.3) is 21.8 Å². The molecule has 0 unspecified atom stereocenters. The number of aromatic amines is 2. The van der Waals surface area contributed by atoms with E-state index in [0.717, 1.165) is 44.9 Å². The van der Waals surface area contributed by atoms with Crippen molar-refractivity contribution in [1.82, 2.24) is 9.97 Å². The Balaban J connectivity index is 0.000000167. The number of nitrogen functional groups attached to an aromatic ring is 5. The third-order valence-electron chi connectivity index (χ3n) is 6.91. The van der Waals surface area contributed by atoms with Crippen molar-refractivity contribution < 1.29 is 9.47 Å². The summed E-state index contributed by atoms with van der Waals surface area (Å²) in [6, 6.07) is 42.0. The largest absolute Gasteiger partial charge is 0.495 e. The third kappa shape index (κ3) is 12.0. The molecule has 0 saturated carbocycles. The molecule has 12 N–H and O–H groups in total. The molecule has 0 atom stereocenters. The minimum absolute atomic E-state index is 0.203. The molecule has 0 saturated heterocycles. The summed E-state index contributed by atoms with van der Waals surface area (Å²) in [4.78, 5) is 16.0. The van der Waals surface area contributed by atoms with Gasteiger partial charge in [0.25, 0.3) is 0 Å². The Bertz CT molecular complexity index is 2060. The van der Waals surface area contributed by atoms with Gasteiger partial charge in [-0.1, -0.05) is 78.9 Å². The number of hydrogen-bond acceptors (Lipinski definition) is 8. The van der Waals surface area contributed by atoms with E-state index in [2.05, 4.69) is 22.1 Å². The number of ether oxygens (including phenoxy) is 2. The smallest absolute Gasteiger partial charge is 0.323 e. The van der Waals surface area contributed by atoms with E-state index in [1.807, 2.05) is 111 Å². The first kappa shape index (κ1) is 36.9. The van der Waals surface area contributed by atoms with Crippen molar-refractivity contribution >= 4 is 50.2 Å². The topological polar surface area (TPSA) is 197 Å². The van der Waals surface area contributed by atoms with Crippen LogP contribution in [0.5, 0.6) is 11.5 Å². The fourth-order valence-electron chi connectivity index (χ4n) is 4.32. The summed E-state index contributed by atoms with van der Waals surface area (Å²) in [6.45, 7) is 4.59. The number of fused-ring (bicyclic) bond motifs is 2. The summed E-state index contributed by atoms with van der Waals surface area (Å²) in [7, 11) is 1.60. The molecule has 49 heavy (non-hydrogen) atoms. The van der Waals surface area contributed by atoms with E-state index in [0.29, 0.717) is 23.7 Å². The monoisotopic (exact) mass is 659 g/mol. The highest BCUT2D eigenvalue weighted by Gasteiger charge is 1.97. The van der Waals surface area contributed by atoms with Gasteiger partial charge in [-0.3, -0.25) is 0 Å². The fourth-order valence-corrected chi connectivity index (χ4v) is 4.32. The average molecular weight is 660 g/mol. The number of aromatic nitrogens is 2. The van der Waals surface area contributed by atoms with Crippen LogP contribution in [0.4, 0.5) is 28.4 Å². The van der Waals surface area contributed by atoms with Crippen molar-refractivity contribution in [1.29, 1.82) is 0 Å². The van der Waals surface area contributed by atoms with Crippen LogP contribution >= 0.6 is 0 Å². The van der Waals surface area contributed by atoms with Gasteiger partial charge in [0, 0.05) is 22.4 Å². The first-order valence-corrected chi connectivity index (χ1v) is 15.5. The van der Waals surface area contributed by atoms with Crippen molar-refractivity contribution in [2.24, 2.45) is 0 Å². The van der Waals surface area contributed by atoms with Gasteiger partial charge in [0.15, 0.2) is 0 Å². The highest BCUT2D eigenvalue weighted by atomic mass is 16.5. The molecule has 1 heterocycles. The number of aryl methyl sites for hydroxylation is 1. The van der Waals surface area contributed by atoms with Gasteiger partial charge >= 0.3 is 5.69 Å². The summed E-state index contributed by atoms with van der Waals surface area (Å²) < 4.78 is 10.1. The number of hydrogen-bond donors (Lipinski definition) is 7. The maximum atomic E-state index is 10.7. The zero-order valence-corrected chi connectivity index (χ0v) is 28.0. The molecular formula is C39H45N7O3. The zero-order valence-electron chi connectivity index (χ0n) is 28.0. The van der Waals surface area contributed by atoms with Crippen LogP contribution in [-0.4, -0.2) is 23.7 Å². The molecule has 0 spiro atoms. The summed E-state index contributed by atoms with van der Waals surface area (Å²) in [6.07, 6.45) is 0. The van der Waals surface area contributed by atoms with Crippen molar-refractivity contribution in [2.45, 2.75) is 13.8 Å². The molecule has 7 aromatic rings. The van der Waals surface area contributed by atoms with E-state index < -0.39 is 0 Å². The predicted molar refractivity (Wildman–Crippen MR) is 207 cm³/mol. The lowest BCUT2D eigenvalue weighted by molar-refractivity contribution is 0.342.